The number of aryl methyl sites for hydroxylation is 1. The third kappa shape index (κ3) is 4.82. The van der Waals surface area contributed by atoms with E-state index in [4.69, 9.17) is 5.73 Å². The molecule has 0 fully saturated rings. The normalized spacial score (nSPS) is 11.5. The number of nitrogens with one attached hydrogen (secondary N) is 1. The monoisotopic (exact) mass is 455 g/mol. The van der Waals surface area contributed by atoms with Crippen molar-refractivity contribution in [1.82, 2.24) is 19.7 Å². The van der Waals surface area contributed by atoms with E-state index < -0.39 is 0 Å². The summed E-state index contributed by atoms with van der Waals surface area (Å²) in [4.78, 5) is 3.38. The van der Waals surface area contributed by atoms with Gasteiger partial charge in [0.15, 0.2) is 11.0 Å². The van der Waals surface area contributed by atoms with Gasteiger partial charge in [-0.25, -0.2) is 0 Å². The number of aromatic nitrogens is 4. The molecule has 5 nitrogen and oxygen atoms in total. The summed E-state index contributed by atoms with van der Waals surface area (Å²) < 4.78 is 2.29. The Bertz CT molecular complexity index is 1350. The Morgan fingerprint density at radius 2 is 1.73 bits per heavy atom. The highest BCUT2D eigenvalue weighted by molar-refractivity contribution is 7.99. The van der Waals surface area contributed by atoms with Gasteiger partial charge in [0.1, 0.15) is 0 Å². The largest absolute Gasteiger partial charge is 0.361 e. The van der Waals surface area contributed by atoms with E-state index in [0.717, 1.165) is 61.1 Å². The fraction of sp³-hybridized carbons (Fsp3) is 0.259. The summed E-state index contributed by atoms with van der Waals surface area (Å²) in [6, 6.07) is 23.5. The van der Waals surface area contributed by atoms with Gasteiger partial charge in [0, 0.05) is 35.0 Å². The van der Waals surface area contributed by atoms with Gasteiger partial charge in [0.25, 0.3) is 0 Å². The van der Waals surface area contributed by atoms with Gasteiger partial charge in [-0.15, -0.1) is 10.2 Å². The lowest BCUT2D eigenvalue weighted by Gasteiger charge is -2.11. The van der Waals surface area contributed by atoms with Crippen LogP contribution in [0.15, 0.2) is 78.1 Å². The van der Waals surface area contributed by atoms with Gasteiger partial charge in [0.2, 0.25) is 0 Å². The summed E-state index contributed by atoms with van der Waals surface area (Å²) in [5.41, 5.74) is 9.36. The van der Waals surface area contributed by atoms with Gasteiger partial charge in [-0.2, -0.15) is 0 Å². The first-order chi connectivity index (χ1) is 16.3. The summed E-state index contributed by atoms with van der Waals surface area (Å²) in [6.45, 7) is 1.65. The van der Waals surface area contributed by atoms with E-state index >= 15 is 0 Å². The van der Waals surface area contributed by atoms with Crippen molar-refractivity contribution >= 4 is 33.4 Å². The van der Waals surface area contributed by atoms with Crippen molar-refractivity contribution in [2.24, 2.45) is 5.73 Å². The van der Waals surface area contributed by atoms with E-state index in [0.29, 0.717) is 0 Å². The quantitative estimate of drug-likeness (QED) is 0.199. The maximum absolute atomic E-state index is 5.71. The van der Waals surface area contributed by atoms with E-state index in [9.17, 15) is 0 Å². The number of aromatic amines is 1. The van der Waals surface area contributed by atoms with E-state index in [-0.39, 0.29) is 0 Å². The Hall–Kier alpha value is -3.09. The molecule has 0 spiro atoms. The van der Waals surface area contributed by atoms with Crippen molar-refractivity contribution in [3.8, 4) is 11.4 Å². The summed E-state index contributed by atoms with van der Waals surface area (Å²) in [5.74, 6) is 1.91. The zero-order valence-corrected chi connectivity index (χ0v) is 19.5. The first-order valence-electron chi connectivity index (χ1n) is 11.6. The van der Waals surface area contributed by atoms with E-state index in [1.807, 2.05) is 0 Å². The Kier molecular flexibility index (Phi) is 6.74. The van der Waals surface area contributed by atoms with Crippen LogP contribution in [-0.4, -0.2) is 32.0 Å². The van der Waals surface area contributed by atoms with Crippen LogP contribution in [0.5, 0.6) is 0 Å². The van der Waals surface area contributed by atoms with Crippen LogP contribution in [0.1, 0.15) is 24.8 Å². The topological polar surface area (TPSA) is 72.5 Å². The first kappa shape index (κ1) is 21.7. The number of thioether (sulfide) groups is 1. The van der Waals surface area contributed by atoms with E-state index in [1.54, 1.807) is 11.8 Å². The van der Waals surface area contributed by atoms with Crippen LogP contribution in [0.25, 0.3) is 33.1 Å². The van der Waals surface area contributed by atoms with Gasteiger partial charge < -0.3 is 15.3 Å². The maximum atomic E-state index is 5.71. The Morgan fingerprint density at radius 1 is 0.879 bits per heavy atom. The molecule has 0 unspecified atom stereocenters. The molecule has 0 aliphatic carbocycles. The number of benzene rings is 3. The van der Waals surface area contributed by atoms with Gasteiger partial charge in [-0.3, -0.25) is 0 Å². The molecular weight excluding hydrogens is 426 g/mol. The first-order valence-corrected chi connectivity index (χ1v) is 12.6. The second-order valence-corrected chi connectivity index (χ2v) is 9.39. The molecule has 0 atom stereocenters. The lowest BCUT2D eigenvalue weighted by Crippen LogP contribution is -2.05. The highest BCUT2D eigenvalue weighted by Gasteiger charge is 2.15. The number of rotatable bonds is 10. The molecule has 33 heavy (non-hydrogen) atoms. The summed E-state index contributed by atoms with van der Waals surface area (Å²) >= 11 is 1.79. The Morgan fingerprint density at radius 3 is 2.64 bits per heavy atom. The zero-order valence-electron chi connectivity index (χ0n) is 18.7. The molecule has 0 aliphatic heterocycles. The fourth-order valence-electron chi connectivity index (χ4n) is 4.32. The van der Waals surface area contributed by atoms with Crippen LogP contribution in [-0.2, 0) is 13.0 Å². The van der Waals surface area contributed by atoms with Gasteiger partial charge in [0.05, 0.1) is 0 Å². The number of nitrogens with two attached hydrogens (primary N) is 1. The predicted octanol–water partition coefficient (Wildman–Crippen LogP) is 6.04. The molecule has 3 N–H and O–H groups in total. The van der Waals surface area contributed by atoms with Crippen molar-refractivity contribution < 1.29 is 0 Å². The van der Waals surface area contributed by atoms with Crippen LogP contribution < -0.4 is 5.73 Å². The molecule has 3 aromatic carbocycles. The molecule has 6 heteroatoms. The molecule has 2 heterocycles. The van der Waals surface area contributed by atoms with E-state index in [1.165, 1.54) is 27.2 Å². The second-order valence-electron chi connectivity index (χ2n) is 8.33. The van der Waals surface area contributed by atoms with Crippen molar-refractivity contribution in [2.45, 2.75) is 37.4 Å². The molecule has 168 valence electrons. The van der Waals surface area contributed by atoms with E-state index in [2.05, 4.69) is 92.7 Å². The lowest BCUT2D eigenvalue weighted by molar-refractivity contribution is 0.563. The fourth-order valence-corrected chi connectivity index (χ4v) is 5.26. The molecule has 5 aromatic rings. The SMILES string of the molecule is NCCCCCn1c(SCCc2c[nH]c3ccccc23)nnc1-c1ccc2ccccc2c1. The summed E-state index contributed by atoms with van der Waals surface area (Å²) in [6.07, 6.45) is 6.36. The number of hydrogen-bond acceptors (Lipinski definition) is 4. The second kappa shape index (κ2) is 10.2. The maximum Gasteiger partial charge on any atom is 0.191 e. The number of fused-ring (bicyclic) bond motifs is 2. The van der Waals surface area contributed by atoms with Gasteiger partial charge in [-0.05, 0) is 54.3 Å². The number of nitrogens with zero attached hydrogens (tertiary/aromatic N) is 3. The number of para-hydroxylation sites is 1. The van der Waals surface area contributed by atoms with Crippen molar-refractivity contribution in [2.75, 3.05) is 12.3 Å². The molecule has 0 saturated heterocycles. The van der Waals surface area contributed by atoms with Crippen LogP contribution in [0, 0.1) is 0 Å². The molecule has 0 saturated carbocycles. The van der Waals surface area contributed by atoms with Crippen molar-refractivity contribution in [3.05, 3.63) is 78.5 Å². The number of hydrogen-bond donors (Lipinski definition) is 2. The highest BCUT2D eigenvalue weighted by Crippen LogP contribution is 2.28. The van der Waals surface area contributed by atoms with Crippen LogP contribution in [0.4, 0.5) is 0 Å². The minimum absolute atomic E-state index is 0.742. The van der Waals surface area contributed by atoms with Crippen molar-refractivity contribution in [3.63, 3.8) is 0 Å². The Balaban J connectivity index is 1.37. The third-order valence-corrected chi connectivity index (χ3v) is 7.06. The predicted molar refractivity (Wildman–Crippen MR) is 139 cm³/mol. The summed E-state index contributed by atoms with van der Waals surface area (Å²) in [5, 5.41) is 14.0. The zero-order chi connectivity index (χ0) is 22.5. The number of unbranched alkanes of at least 4 members (excludes halogenated alkanes) is 2. The molecule has 0 amide bonds. The molecule has 0 radical (unpaired) electrons. The molecule has 0 aliphatic rings. The third-order valence-electron chi connectivity index (χ3n) is 6.09. The van der Waals surface area contributed by atoms with Crippen LogP contribution in [0.3, 0.4) is 0 Å². The highest BCUT2D eigenvalue weighted by atomic mass is 32.2. The molecule has 0 bridgehead atoms. The van der Waals surface area contributed by atoms with Crippen molar-refractivity contribution in [1.29, 1.82) is 0 Å². The molecular formula is C27H29N5S. The average molecular weight is 456 g/mol. The molecule has 5 rings (SSSR count). The average Bonchev–Trinajstić information content (AvgIpc) is 3.46. The van der Waals surface area contributed by atoms with Crippen LogP contribution in [0.2, 0.25) is 0 Å². The standard InChI is InChI=1S/C27H29N5S/c28-15-6-1-7-16-32-26(22-13-12-20-8-2-3-9-21(20)18-22)30-31-27(32)33-17-14-23-19-29-25-11-5-4-10-24(23)25/h2-5,8-13,18-19,29H,1,6-7,14-17,28H2. The Labute approximate surface area is 198 Å². The number of H-pyrrole nitrogens is 1. The lowest BCUT2D eigenvalue weighted by atomic mass is 10.1. The minimum Gasteiger partial charge on any atom is -0.361 e. The minimum atomic E-state index is 0.742. The van der Waals surface area contributed by atoms with Gasteiger partial charge in [-0.1, -0.05) is 72.8 Å². The summed E-state index contributed by atoms with van der Waals surface area (Å²) in [7, 11) is 0. The smallest absolute Gasteiger partial charge is 0.191 e. The molecule has 2 aromatic heterocycles. The van der Waals surface area contributed by atoms with Crippen LogP contribution >= 0.6 is 11.8 Å². The van der Waals surface area contributed by atoms with Gasteiger partial charge >= 0.3 is 0 Å².